The zero-order chi connectivity index (χ0) is 22.5. The van der Waals surface area contributed by atoms with Crippen molar-refractivity contribution in [2.75, 3.05) is 19.6 Å². The molecule has 4 rings (SSSR count). The van der Waals surface area contributed by atoms with Gasteiger partial charge in [-0.25, -0.2) is 9.50 Å². The molecule has 2 aromatic rings. The fourth-order valence-corrected chi connectivity index (χ4v) is 4.65. The van der Waals surface area contributed by atoms with E-state index in [0.29, 0.717) is 37.3 Å². The third-order valence-electron chi connectivity index (χ3n) is 6.38. The van der Waals surface area contributed by atoms with E-state index in [9.17, 15) is 14.4 Å². The number of likely N-dealkylation sites (tertiary alicyclic amines) is 1. The van der Waals surface area contributed by atoms with Gasteiger partial charge in [0.25, 0.3) is 5.56 Å². The molecule has 4 heterocycles. The van der Waals surface area contributed by atoms with Gasteiger partial charge < -0.3 is 9.80 Å². The van der Waals surface area contributed by atoms with Crippen LogP contribution in [-0.4, -0.2) is 55.8 Å². The van der Waals surface area contributed by atoms with Crippen molar-refractivity contribution in [3.63, 3.8) is 0 Å². The Labute approximate surface area is 182 Å². The van der Waals surface area contributed by atoms with Gasteiger partial charge in [-0.15, -0.1) is 0 Å². The standard InChI is InChI=1S/C23H33N5O3/c1-14(2)20(29)26-10-8-17-16(13-26)21(30)28-19(24-17)11-18(25-28)15-7-6-9-27(12-15)22(31)23(3,4)5/h11,14-15,25H,6-10,12-13H2,1-5H3/t15-/m1/s1. The summed E-state index contributed by atoms with van der Waals surface area (Å²) in [5, 5.41) is 3.25. The van der Waals surface area contributed by atoms with Gasteiger partial charge in [0.2, 0.25) is 11.8 Å². The fourth-order valence-electron chi connectivity index (χ4n) is 4.65. The molecule has 0 spiro atoms. The van der Waals surface area contributed by atoms with Crippen LogP contribution in [0.3, 0.4) is 0 Å². The third-order valence-corrected chi connectivity index (χ3v) is 6.38. The molecule has 1 atom stereocenters. The van der Waals surface area contributed by atoms with E-state index in [2.05, 4.69) is 5.10 Å². The van der Waals surface area contributed by atoms with Gasteiger partial charge >= 0.3 is 0 Å². The number of hydrogen-bond acceptors (Lipinski definition) is 4. The summed E-state index contributed by atoms with van der Waals surface area (Å²) in [4.78, 5) is 46.8. The molecule has 0 radical (unpaired) electrons. The van der Waals surface area contributed by atoms with Crippen LogP contribution in [0.25, 0.3) is 5.65 Å². The molecule has 0 bridgehead atoms. The zero-order valence-electron chi connectivity index (χ0n) is 19.2. The van der Waals surface area contributed by atoms with Crippen LogP contribution >= 0.6 is 0 Å². The Hall–Kier alpha value is -2.64. The van der Waals surface area contributed by atoms with Crippen LogP contribution in [0.5, 0.6) is 0 Å². The molecule has 1 saturated heterocycles. The van der Waals surface area contributed by atoms with Crippen molar-refractivity contribution in [2.24, 2.45) is 11.3 Å². The molecule has 2 aromatic heterocycles. The van der Waals surface area contributed by atoms with Crippen LogP contribution in [0.2, 0.25) is 0 Å². The van der Waals surface area contributed by atoms with Crippen molar-refractivity contribution < 1.29 is 9.59 Å². The molecule has 1 N–H and O–H groups in total. The number of hydrogen-bond donors (Lipinski definition) is 1. The predicted molar refractivity (Wildman–Crippen MR) is 118 cm³/mol. The summed E-state index contributed by atoms with van der Waals surface area (Å²) in [7, 11) is 0. The summed E-state index contributed by atoms with van der Waals surface area (Å²) in [6.07, 6.45) is 2.50. The quantitative estimate of drug-likeness (QED) is 0.796. The fraction of sp³-hybridized carbons (Fsp3) is 0.652. The maximum atomic E-state index is 13.2. The van der Waals surface area contributed by atoms with E-state index < -0.39 is 5.41 Å². The predicted octanol–water partition coefficient (Wildman–Crippen LogP) is 2.32. The lowest BCUT2D eigenvalue weighted by Gasteiger charge is -2.36. The van der Waals surface area contributed by atoms with Gasteiger partial charge in [-0.1, -0.05) is 34.6 Å². The van der Waals surface area contributed by atoms with E-state index in [-0.39, 0.29) is 29.2 Å². The smallest absolute Gasteiger partial charge is 0.277 e. The Morgan fingerprint density at radius 2 is 1.94 bits per heavy atom. The molecule has 1 fully saturated rings. The van der Waals surface area contributed by atoms with Gasteiger partial charge in [0, 0.05) is 55.1 Å². The van der Waals surface area contributed by atoms with E-state index in [1.165, 1.54) is 4.52 Å². The molecule has 2 amide bonds. The molecule has 0 aliphatic carbocycles. The monoisotopic (exact) mass is 427 g/mol. The minimum atomic E-state index is -0.404. The van der Waals surface area contributed by atoms with E-state index in [1.54, 1.807) is 4.90 Å². The van der Waals surface area contributed by atoms with Crippen LogP contribution < -0.4 is 5.56 Å². The minimum Gasteiger partial charge on any atom is -0.342 e. The number of aromatic nitrogens is 3. The van der Waals surface area contributed by atoms with Crippen LogP contribution in [0.1, 0.15) is 70.3 Å². The highest BCUT2D eigenvalue weighted by Gasteiger charge is 2.32. The largest absolute Gasteiger partial charge is 0.342 e. The summed E-state index contributed by atoms with van der Waals surface area (Å²) in [5.74, 6) is 0.280. The zero-order valence-corrected chi connectivity index (χ0v) is 19.2. The molecule has 31 heavy (non-hydrogen) atoms. The van der Waals surface area contributed by atoms with Crippen LogP contribution in [-0.2, 0) is 22.6 Å². The van der Waals surface area contributed by atoms with E-state index in [0.717, 1.165) is 30.8 Å². The molecule has 8 heteroatoms. The van der Waals surface area contributed by atoms with Crippen molar-refractivity contribution >= 4 is 17.5 Å². The van der Waals surface area contributed by atoms with E-state index in [4.69, 9.17) is 4.98 Å². The van der Waals surface area contributed by atoms with Crippen LogP contribution in [0.15, 0.2) is 10.9 Å². The third kappa shape index (κ3) is 4.00. The number of amides is 2. The molecular weight excluding hydrogens is 394 g/mol. The number of fused-ring (bicyclic) bond motifs is 2. The second-order valence-electron chi connectivity index (χ2n) is 10.3. The second-order valence-corrected chi connectivity index (χ2v) is 10.3. The average Bonchev–Trinajstić information content (AvgIpc) is 3.16. The first kappa shape index (κ1) is 21.6. The van der Waals surface area contributed by atoms with Crippen molar-refractivity contribution in [3.05, 3.63) is 33.4 Å². The van der Waals surface area contributed by atoms with Gasteiger partial charge in [-0.3, -0.25) is 19.5 Å². The minimum absolute atomic E-state index is 0.0631. The molecule has 2 aliphatic heterocycles. The number of nitrogens with one attached hydrogen (secondary N) is 1. The summed E-state index contributed by atoms with van der Waals surface area (Å²) in [6.45, 7) is 11.9. The van der Waals surface area contributed by atoms with Gasteiger partial charge in [0.15, 0.2) is 5.65 Å². The number of piperidine rings is 1. The highest BCUT2D eigenvalue weighted by Crippen LogP contribution is 2.29. The van der Waals surface area contributed by atoms with Gasteiger partial charge in [0.1, 0.15) is 0 Å². The van der Waals surface area contributed by atoms with Crippen LogP contribution in [0, 0.1) is 11.3 Å². The lowest BCUT2D eigenvalue weighted by Crippen LogP contribution is -2.44. The average molecular weight is 428 g/mol. The molecule has 168 valence electrons. The Bertz CT molecular complexity index is 1080. The highest BCUT2D eigenvalue weighted by molar-refractivity contribution is 5.81. The number of carbonyl (C=O) groups is 2. The first-order chi connectivity index (χ1) is 14.6. The number of H-pyrrole nitrogens is 1. The number of nitrogens with zero attached hydrogens (tertiary/aromatic N) is 4. The Kier molecular flexibility index (Phi) is 5.43. The van der Waals surface area contributed by atoms with Gasteiger partial charge in [0.05, 0.1) is 17.8 Å². The Morgan fingerprint density at radius 3 is 2.61 bits per heavy atom. The Morgan fingerprint density at radius 1 is 1.19 bits per heavy atom. The number of aromatic amines is 1. The number of rotatable bonds is 2. The maximum absolute atomic E-state index is 13.2. The molecular formula is C23H33N5O3. The molecule has 0 saturated carbocycles. The topological polar surface area (TPSA) is 90.8 Å². The molecule has 0 aromatic carbocycles. The van der Waals surface area contributed by atoms with Crippen molar-refractivity contribution in [3.8, 4) is 0 Å². The van der Waals surface area contributed by atoms with Crippen molar-refractivity contribution in [1.29, 1.82) is 0 Å². The lowest BCUT2D eigenvalue weighted by molar-refractivity contribution is -0.140. The molecule has 0 unspecified atom stereocenters. The second kappa shape index (κ2) is 7.80. The summed E-state index contributed by atoms with van der Waals surface area (Å²) in [5.41, 5.74) is 2.40. The van der Waals surface area contributed by atoms with Gasteiger partial charge in [-0.2, -0.15) is 0 Å². The summed E-state index contributed by atoms with van der Waals surface area (Å²) < 4.78 is 1.50. The SMILES string of the molecule is CC(C)C(=O)N1CCc2nc3cc([C@@H]4CCCN(C(=O)C(C)(C)C)C4)[nH]n3c(=O)c2C1. The van der Waals surface area contributed by atoms with Crippen LogP contribution in [0.4, 0.5) is 0 Å². The normalized spacial score (nSPS) is 19.7. The van der Waals surface area contributed by atoms with Gasteiger partial charge in [-0.05, 0) is 12.8 Å². The summed E-state index contributed by atoms with van der Waals surface area (Å²) >= 11 is 0. The number of carbonyl (C=O) groups excluding carboxylic acids is 2. The molecule has 2 aliphatic rings. The first-order valence-corrected chi connectivity index (χ1v) is 11.3. The maximum Gasteiger partial charge on any atom is 0.277 e. The molecule has 8 nitrogen and oxygen atoms in total. The van der Waals surface area contributed by atoms with Crippen molar-refractivity contribution in [2.45, 2.75) is 66.3 Å². The van der Waals surface area contributed by atoms with Crippen molar-refractivity contribution in [1.82, 2.24) is 24.4 Å². The van der Waals surface area contributed by atoms with E-state index in [1.807, 2.05) is 45.6 Å². The highest BCUT2D eigenvalue weighted by atomic mass is 16.2. The Balaban J connectivity index is 1.62. The van der Waals surface area contributed by atoms with E-state index >= 15 is 0 Å². The first-order valence-electron chi connectivity index (χ1n) is 11.3. The summed E-state index contributed by atoms with van der Waals surface area (Å²) in [6, 6.07) is 1.95. The lowest BCUT2D eigenvalue weighted by atomic mass is 9.90.